The quantitative estimate of drug-likeness (QED) is 0.511. The lowest BCUT2D eigenvalue weighted by Gasteiger charge is -2.30. The summed E-state index contributed by atoms with van der Waals surface area (Å²) in [5, 5.41) is 14.4. The molecule has 0 unspecified atom stereocenters. The van der Waals surface area contributed by atoms with Crippen molar-refractivity contribution >= 4 is 29.3 Å². The Bertz CT molecular complexity index is 1080. The maximum Gasteiger partial charge on any atom is 0.251 e. The van der Waals surface area contributed by atoms with Gasteiger partial charge >= 0.3 is 0 Å². The molecule has 0 aliphatic heterocycles. The summed E-state index contributed by atoms with van der Waals surface area (Å²) in [6.07, 6.45) is 6.11. The van der Waals surface area contributed by atoms with Gasteiger partial charge in [0.1, 0.15) is 6.33 Å². The normalized spacial score (nSPS) is 14.8. The molecule has 0 atom stereocenters. The van der Waals surface area contributed by atoms with Crippen LogP contribution in [-0.4, -0.2) is 38.9 Å². The van der Waals surface area contributed by atoms with E-state index < -0.39 is 0 Å². The number of thioether (sulfide) groups is 1. The molecule has 32 heavy (non-hydrogen) atoms. The number of rotatable bonds is 8. The molecule has 1 aliphatic carbocycles. The van der Waals surface area contributed by atoms with Gasteiger partial charge in [0, 0.05) is 30.3 Å². The second-order valence-electron chi connectivity index (χ2n) is 8.18. The molecule has 166 valence electrons. The number of carbonyl (C=O) groups excluding carboxylic acids is 2. The summed E-state index contributed by atoms with van der Waals surface area (Å²) in [5.74, 6) is -0.0796. The number of aromatic nitrogens is 3. The SMILES string of the molecule is Cn1cnnc1SCC(=O)Nc1cccc(C(=O)NCC2(c3ccccc3)CCCC2)c1. The molecule has 2 N–H and O–H groups in total. The molecule has 1 saturated carbocycles. The van der Waals surface area contributed by atoms with Crippen molar-refractivity contribution in [1.82, 2.24) is 20.1 Å². The minimum atomic E-state index is -0.162. The Morgan fingerprint density at radius 3 is 2.59 bits per heavy atom. The average molecular weight is 450 g/mol. The Kier molecular flexibility index (Phi) is 6.90. The first kappa shape index (κ1) is 22.1. The molecule has 2 aromatic carbocycles. The van der Waals surface area contributed by atoms with Gasteiger partial charge in [0.15, 0.2) is 5.16 Å². The van der Waals surface area contributed by atoms with Crippen LogP contribution in [0.5, 0.6) is 0 Å². The summed E-state index contributed by atoms with van der Waals surface area (Å²) < 4.78 is 1.76. The summed E-state index contributed by atoms with van der Waals surface area (Å²) in [6.45, 7) is 0.612. The highest BCUT2D eigenvalue weighted by molar-refractivity contribution is 7.99. The van der Waals surface area contributed by atoms with Crippen LogP contribution in [0.15, 0.2) is 66.1 Å². The van der Waals surface area contributed by atoms with Crippen LogP contribution >= 0.6 is 11.8 Å². The lowest BCUT2D eigenvalue weighted by molar-refractivity contribution is -0.113. The van der Waals surface area contributed by atoms with Crippen molar-refractivity contribution in [3.8, 4) is 0 Å². The topological polar surface area (TPSA) is 88.9 Å². The number of nitrogens with one attached hydrogen (secondary N) is 2. The van der Waals surface area contributed by atoms with Gasteiger partial charge in [0.2, 0.25) is 5.91 Å². The average Bonchev–Trinajstić information content (AvgIpc) is 3.46. The molecule has 1 fully saturated rings. The van der Waals surface area contributed by atoms with E-state index in [1.807, 2.05) is 13.1 Å². The van der Waals surface area contributed by atoms with Gasteiger partial charge in [-0.15, -0.1) is 10.2 Å². The number of aryl methyl sites for hydroxylation is 1. The number of carbonyl (C=O) groups is 2. The van der Waals surface area contributed by atoms with Gasteiger partial charge in [-0.1, -0.05) is 61.0 Å². The highest BCUT2D eigenvalue weighted by Gasteiger charge is 2.35. The Morgan fingerprint density at radius 1 is 1.09 bits per heavy atom. The van der Waals surface area contributed by atoms with Crippen molar-refractivity contribution in [3.05, 3.63) is 72.1 Å². The van der Waals surface area contributed by atoms with Crippen LogP contribution in [0.1, 0.15) is 41.6 Å². The molecule has 1 heterocycles. The second kappa shape index (κ2) is 9.99. The van der Waals surface area contributed by atoms with E-state index in [0.29, 0.717) is 23.0 Å². The third kappa shape index (κ3) is 5.19. The van der Waals surface area contributed by atoms with Crippen LogP contribution in [0, 0.1) is 0 Å². The van der Waals surface area contributed by atoms with Gasteiger partial charge in [-0.3, -0.25) is 9.59 Å². The van der Waals surface area contributed by atoms with Crippen LogP contribution < -0.4 is 10.6 Å². The molecule has 1 aliphatic rings. The third-order valence-corrected chi connectivity index (χ3v) is 6.98. The highest BCUT2D eigenvalue weighted by Crippen LogP contribution is 2.40. The largest absolute Gasteiger partial charge is 0.351 e. The fourth-order valence-electron chi connectivity index (χ4n) is 4.23. The summed E-state index contributed by atoms with van der Waals surface area (Å²) in [6, 6.07) is 17.5. The summed E-state index contributed by atoms with van der Waals surface area (Å²) >= 11 is 1.31. The summed E-state index contributed by atoms with van der Waals surface area (Å²) in [5.41, 5.74) is 2.42. The van der Waals surface area contributed by atoms with Crippen LogP contribution in [0.4, 0.5) is 5.69 Å². The van der Waals surface area contributed by atoms with Crippen LogP contribution in [-0.2, 0) is 17.3 Å². The van der Waals surface area contributed by atoms with Gasteiger partial charge in [-0.2, -0.15) is 0 Å². The molecule has 0 spiro atoms. The number of amides is 2. The zero-order valence-corrected chi connectivity index (χ0v) is 18.9. The molecule has 3 aromatic rings. The molecule has 1 aromatic heterocycles. The first-order valence-corrected chi connectivity index (χ1v) is 11.7. The first-order chi connectivity index (χ1) is 15.6. The summed E-state index contributed by atoms with van der Waals surface area (Å²) in [7, 11) is 1.83. The van der Waals surface area contributed by atoms with E-state index in [9.17, 15) is 9.59 Å². The predicted molar refractivity (Wildman–Crippen MR) is 126 cm³/mol. The molecule has 0 saturated heterocycles. The first-order valence-electron chi connectivity index (χ1n) is 10.8. The van der Waals surface area contributed by atoms with E-state index in [-0.39, 0.29) is 23.0 Å². The van der Waals surface area contributed by atoms with Crippen molar-refractivity contribution in [2.45, 2.75) is 36.3 Å². The molecular weight excluding hydrogens is 422 g/mol. The number of nitrogens with zero attached hydrogens (tertiary/aromatic N) is 3. The van der Waals surface area contributed by atoms with Crippen LogP contribution in [0.3, 0.4) is 0 Å². The van der Waals surface area contributed by atoms with Crippen molar-refractivity contribution in [2.75, 3.05) is 17.6 Å². The van der Waals surface area contributed by atoms with E-state index in [4.69, 9.17) is 0 Å². The van der Waals surface area contributed by atoms with Crippen LogP contribution in [0.2, 0.25) is 0 Å². The standard InChI is InChI=1S/C24H27N5O2S/c1-29-17-26-28-23(29)32-15-21(30)27-20-11-7-8-18(14-20)22(31)25-16-24(12-5-6-13-24)19-9-3-2-4-10-19/h2-4,7-11,14,17H,5-6,12-13,15-16H2,1H3,(H,25,31)(H,27,30). The minimum absolute atomic E-state index is 0.000195. The molecular formula is C24H27N5O2S. The van der Waals surface area contributed by atoms with E-state index >= 15 is 0 Å². The number of hydrogen-bond acceptors (Lipinski definition) is 5. The Balaban J connectivity index is 1.35. The van der Waals surface area contributed by atoms with Crippen molar-refractivity contribution in [2.24, 2.45) is 7.05 Å². The number of hydrogen-bond donors (Lipinski definition) is 2. The lowest BCUT2D eigenvalue weighted by Crippen LogP contribution is -2.39. The molecule has 8 heteroatoms. The van der Waals surface area contributed by atoms with Crippen molar-refractivity contribution < 1.29 is 9.59 Å². The van der Waals surface area contributed by atoms with Gasteiger partial charge in [0.05, 0.1) is 5.75 Å². The van der Waals surface area contributed by atoms with E-state index in [1.54, 1.807) is 35.2 Å². The fraction of sp³-hybridized carbons (Fsp3) is 0.333. The van der Waals surface area contributed by atoms with Gasteiger partial charge in [-0.05, 0) is 36.6 Å². The van der Waals surface area contributed by atoms with Gasteiger partial charge in [-0.25, -0.2) is 0 Å². The van der Waals surface area contributed by atoms with E-state index in [1.165, 1.54) is 30.2 Å². The highest BCUT2D eigenvalue weighted by atomic mass is 32.2. The zero-order chi connectivity index (χ0) is 22.4. The maximum atomic E-state index is 12.9. The number of anilines is 1. The number of benzene rings is 2. The molecule has 0 radical (unpaired) electrons. The zero-order valence-electron chi connectivity index (χ0n) is 18.1. The van der Waals surface area contributed by atoms with Crippen LogP contribution in [0.25, 0.3) is 0 Å². The fourth-order valence-corrected chi connectivity index (χ4v) is 4.92. The lowest BCUT2D eigenvalue weighted by atomic mass is 9.79. The maximum absolute atomic E-state index is 12.9. The van der Waals surface area contributed by atoms with Crippen molar-refractivity contribution in [1.29, 1.82) is 0 Å². The molecule has 0 bridgehead atoms. The molecule has 4 rings (SSSR count). The molecule has 7 nitrogen and oxygen atoms in total. The smallest absolute Gasteiger partial charge is 0.251 e. The minimum Gasteiger partial charge on any atom is -0.351 e. The Labute approximate surface area is 192 Å². The van der Waals surface area contributed by atoms with Gasteiger partial charge in [0.25, 0.3) is 5.91 Å². The third-order valence-electron chi connectivity index (χ3n) is 5.94. The van der Waals surface area contributed by atoms with E-state index in [2.05, 4.69) is 45.1 Å². The summed E-state index contributed by atoms with van der Waals surface area (Å²) in [4.78, 5) is 25.2. The van der Waals surface area contributed by atoms with Gasteiger partial charge < -0.3 is 15.2 Å². The predicted octanol–water partition coefficient (Wildman–Crippen LogP) is 3.79. The van der Waals surface area contributed by atoms with E-state index in [0.717, 1.165) is 12.8 Å². The Hall–Kier alpha value is -3.13. The van der Waals surface area contributed by atoms with Crippen molar-refractivity contribution in [3.63, 3.8) is 0 Å². The molecule has 2 amide bonds. The monoisotopic (exact) mass is 449 g/mol. The Morgan fingerprint density at radius 2 is 1.88 bits per heavy atom. The second-order valence-corrected chi connectivity index (χ2v) is 9.12.